The summed E-state index contributed by atoms with van der Waals surface area (Å²) < 4.78 is 11.1. The molecule has 3 aromatic rings. The molecule has 28 heavy (non-hydrogen) atoms. The van der Waals surface area contributed by atoms with Crippen LogP contribution in [0.25, 0.3) is 0 Å². The maximum atomic E-state index is 12.2. The number of amides is 1. The van der Waals surface area contributed by atoms with Gasteiger partial charge < -0.3 is 9.47 Å². The number of ether oxygens (including phenoxy) is 2. The maximum absolute atomic E-state index is 12.2. The highest BCUT2D eigenvalue weighted by Gasteiger charge is 2.19. The fraction of sp³-hybridized carbons (Fsp3) is 0.316. The number of carbonyl (C=O) groups excluding carboxylic acids is 1. The second kappa shape index (κ2) is 8.41. The molecule has 0 bridgehead atoms. The molecule has 0 aliphatic rings. The van der Waals surface area contributed by atoms with Gasteiger partial charge in [0.25, 0.3) is 11.1 Å². The predicted molar refractivity (Wildman–Crippen MR) is 105 cm³/mol. The molecule has 0 aliphatic heterocycles. The minimum atomic E-state index is -0.397. The Balaban J connectivity index is 1.56. The van der Waals surface area contributed by atoms with E-state index in [1.54, 1.807) is 25.4 Å². The van der Waals surface area contributed by atoms with Crippen molar-refractivity contribution in [3.05, 3.63) is 59.2 Å². The summed E-state index contributed by atoms with van der Waals surface area (Å²) in [4.78, 5) is 20.7. The summed E-state index contributed by atoms with van der Waals surface area (Å²) in [5, 5.41) is 11.2. The van der Waals surface area contributed by atoms with Crippen LogP contribution < -0.4 is 10.1 Å². The van der Waals surface area contributed by atoms with Crippen LogP contribution in [0.2, 0.25) is 0 Å². The first-order chi connectivity index (χ1) is 13.4. The lowest BCUT2D eigenvalue weighted by atomic mass is 10.00. The lowest BCUT2D eigenvalue weighted by Crippen LogP contribution is -2.19. The quantitative estimate of drug-likeness (QED) is 0.650. The van der Waals surface area contributed by atoms with E-state index in [9.17, 15) is 4.79 Å². The number of nitrogens with one attached hydrogen (secondary N) is 1. The molecule has 0 spiro atoms. The van der Waals surface area contributed by atoms with Gasteiger partial charge in [-0.3, -0.25) is 20.1 Å². The summed E-state index contributed by atoms with van der Waals surface area (Å²) in [5.74, 6) is -0.298. The molecule has 0 radical (unpaired) electrons. The molecule has 3 heterocycles. The van der Waals surface area contributed by atoms with E-state index in [2.05, 4.69) is 25.5 Å². The van der Waals surface area contributed by atoms with E-state index in [-0.39, 0.29) is 12.5 Å². The largest absolute Gasteiger partial charge is 0.462 e. The predicted octanol–water partition coefficient (Wildman–Crippen LogP) is 3.35. The van der Waals surface area contributed by atoms with Crippen LogP contribution >= 0.6 is 11.3 Å². The minimum absolute atomic E-state index is 0.248. The lowest BCUT2D eigenvalue weighted by Gasteiger charge is -2.23. The summed E-state index contributed by atoms with van der Waals surface area (Å²) in [6.45, 7) is 6.06. The smallest absolute Gasteiger partial charge is 0.296 e. The number of anilines is 1. The van der Waals surface area contributed by atoms with E-state index in [0.717, 1.165) is 28.3 Å². The van der Waals surface area contributed by atoms with Crippen molar-refractivity contribution in [3.63, 3.8) is 0 Å². The number of aryl methyl sites for hydroxylation is 1. The molecule has 146 valence electrons. The van der Waals surface area contributed by atoms with Crippen LogP contribution in [0.15, 0.2) is 36.7 Å². The molecule has 1 amide bonds. The zero-order chi connectivity index (χ0) is 20.1. The van der Waals surface area contributed by atoms with Crippen LogP contribution in [0.5, 0.6) is 5.19 Å². The van der Waals surface area contributed by atoms with Gasteiger partial charge in [-0.15, -0.1) is 5.10 Å². The second-order valence-electron chi connectivity index (χ2n) is 6.56. The molecule has 3 aromatic heterocycles. The molecule has 3 rings (SSSR count). The highest BCUT2D eigenvalue weighted by molar-refractivity contribution is 7.17. The average molecular weight is 399 g/mol. The van der Waals surface area contributed by atoms with Crippen LogP contribution in [0.1, 0.15) is 41.2 Å². The van der Waals surface area contributed by atoms with E-state index in [1.165, 1.54) is 6.20 Å². The van der Waals surface area contributed by atoms with E-state index in [4.69, 9.17) is 9.47 Å². The molecular weight excluding hydrogens is 378 g/mol. The lowest BCUT2D eigenvalue weighted by molar-refractivity contribution is 0.0189. The second-order valence-corrected chi connectivity index (χ2v) is 7.50. The molecule has 8 nitrogen and oxygen atoms in total. The molecule has 9 heteroatoms. The van der Waals surface area contributed by atoms with Crippen LogP contribution in [0.4, 0.5) is 5.13 Å². The Morgan fingerprint density at radius 2 is 1.96 bits per heavy atom. The fourth-order valence-electron chi connectivity index (χ4n) is 2.21. The van der Waals surface area contributed by atoms with Gasteiger partial charge >= 0.3 is 0 Å². The number of hydrogen-bond donors (Lipinski definition) is 1. The van der Waals surface area contributed by atoms with Crippen molar-refractivity contribution in [2.75, 3.05) is 12.4 Å². The summed E-state index contributed by atoms with van der Waals surface area (Å²) in [7, 11) is 1.66. The third-order valence-electron chi connectivity index (χ3n) is 4.17. The van der Waals surface area contributed by atoms with Gasteiger partial charge in [-0.2, -0.15) is 0 Å². The van der Waals surface area contributed by atoms with Crippen LogP contribution in [0.3, 0.4) is 0 Å². The zero-order valence-corrected chi connectivity index (χ0v) is 16.9. The maximum Gasteiger partial charge on any atom is 0.296 e. The number of methoxy groups -OCH3 is 1. The van der Waals surface area contributed by atoms with Crippen LogP contribution in [-0.2, 0) is 16.9 Å². The number of nitrogens with zero attached hydrogens (tertiary/aromatic N) is 4. The molecule has 0 saturated heterocycles. The SMILES string of the molecule is COC(C)(C)c1ccc(COc2nnc(NC(=O)c3ccc(C)nc3)s2)nc1. The standard InChI is InChI=1S/C19H21N5O3S/c1-12-5-6-13(9-20-12)16(25)22-17-23-24-18(28-17)27-11-15-8-7-14(10-21-15)19(2,3)26-4/h5-10H,11H2,1-4H3,(H,22,23,25). The first-order valence-electron chi connectivity index (χ1n) is 8.58. The highest BCUT2D eigenvalue weighted by atomic mass is 32.1. The van der Waals surface area contributed by atoms with Crippen LogP contribution in [0, 0.1) is 6.92 Å². The van der Waals surface area contributed by atoms with E-state index in [0.29, 0.717) is 15.9 Å². The molecule has 0 aliphatic carbocycles. The van der Waals surface area contributed by atoms with Crippen molar-refractivity contribution in [1.29, 1.82) is 0 Å². The average Bonchev–Trinajstić information content (AvgIpc) is 3.14. The van der Waals surface area contributed by atoms with Gasteiger partial charge in [-0.1, -0.05) is 11.2 Å². The number of hydrogen-bond acceptors (Lipinski definition) is 8. The van der Waals surface area contributed by atoms with Gasteiger partial charge in [-0.05, 0) is 50.3 Å². The number of rotatable bonds is 7. The molecule has 0 fully saturated rings. The Bertz CT molecular complexity index is 939. The fourth-order valence-corrected chi connectivity index (χ4v) is 2.80. The first kappa shape index (κ1) is 19.8. The van der Waals surface area contributed by atoms with Crippen molar-refractivity contribution < 1.29 is 14.3 Å². The van der Waals surface area contributed by atoms with Crippen molar-refractivity contribution in [2.24, 2.45) is 0 Å². The van der Waals surface area contributed by atoms with E-state index < -0.39 is 5.60 Å². The minimum Gasteiger partial charge on any atom is -0.462 e. The third kappa shape index (κ3) is 4.87. The van der Waals surface area contributed by atoms with Crippen molar-refractivity contribution in [2.45, 2.75) is 33.0 Å². The van der Waals surface area contributed by atoms with Crippen LogP contribution in [-0.4, -0.2) is 33.2 Å². The molecule has 0 atom stereocenters. The van der Waals surface area contributed by atoms with Crippen molar-refractivity contribution in [3.8, 4) is 5.19 Å². The number of pyridine rings is 2. The summed E-state index contributed by atoms with van der Waals surface area (Å²) in [6, 6.07) is 7.31. The van der Waals surface area contributed by atoms with Gasteiger partial charge in [0.05, 0.1) is 16.9 Å². The summed E-state index contributed by atoms with van der Waals surface area (Å²) in [6.07, 6.45) is 3.28. The third-order valence-corrected chi connectivity index (χ3v) is 4.93. The number of aromatic nitrogens is 4. The van der Waals surface area contributed by atoms with Gasteiger partial charge in [-0.25, -0.2) is 0 Å². The topological polar surface area (TPSA) is 99.1 Å². The van der Waals surface area contributed by atoms with Gasteiger partial charge in [0.1, 0.15) is 6.61 Å². The monoisotopic (exact) mass is 399 g/mol. The molecule has 0 saturated carbocycles. The van der Waals surface area contributed by atoms with E-state index in [1.807, 2.05) is 32.9 Å². The Hall–Kier alpha value is -2.91. The summed E-state index contributed by atoms with van der Waals surface area (Å²) >= 11 is 1.14. The molecule has 0 unspecified atom stereocenters. The first-order valence-corrected chi connectivity index (χ1v) is 9.40. The molecule has 1 N–H and O–H groups in total. The zero-order valence-electron chi connectivity index (χ0n) is 16.1. The Morgan fingerprint density at radius 1 is 1.14 bits per heavy atom. The molecular formula is C19H21N5O3S. The van der Waals surface area contributed by atoms with Gasteiger partial charge in [0.2, 0.25) is 5.13 Å². The Morgan fingerprint density at radius 3 is 2.61 bits per heavy atom. The highest BCUT2D eigenvalue weighted by Crippen LogP contribution is 2.25. The Labute approximate surface area is 167 Å². The van der Waals surface area contributed by atoms with Gasteiger partial charge in [0.15, 0.2) is 0 Å². The van der Waals surface area contributed by atoms with Crippen molar-refractivity contribution >= 4 is 22.4 Å². The molecule has 0 aromatic carbocycles. The van der Waals surface area contributed by atoms with Crippen molar-refractivity contribution in [1.82, 2.24) is 20.2 Å². The number of carbonyl (C=O) groups is 1. The normalized spacial score (nSPS) is 11.3. The Kier molecular flexibility index (Phi) is 5.96. The van der Waals surface area contributed by atoms with Gasteiger partial charge in [0, 0.05) is 30.8 Å². The van der Waals surface area contributed by atoms with E-state index >= 15 is 0 Å². The summed E-state index contributed by atoms with van der Waals surface area (Å²) in [5.41, 5.74) is 2.63.